The number of hydrogen-bond donors (Lipinski definition) is 1. The molecule has 0 aliphatic carbocycles. The zero-order valence-electron chi connectivity index (χ0n) is 10.9. The van der Waals surface area contributed by atoms with Crippen LogP contribution in [-0.4, -0.2) is 19.9 Å². The topological polar surface area (TPSA) is 50.9 Å². The van der Waals surface area contributed by atoms with Gasteiger partial charge in [-0.2, -0.15) is 5.10 Å². The minimum Gasteiger partial charge on any atom is -0.386 e. The number of halogens is 1. The molecule has 2 rings (SSSR count). The van der Waals surface area contributed by atoms with Crippen molar-refractivity contribution in [1.82, 2.24) is 14.8 Å². The van der Waals surface area contributed by atoms with E-state index in [1.165, 1.54) is 6.33 Å². The lowest BCUT2D eigenvalue weighted by atomic mass is 9.98. The lowest BCUT2D eigenvalue weighted by molar-refractivity contribution is 0.0993. The quantitative estimate of drug-likeness (QED) is 0.882. The summed E-state index contributed by atoms with van der Waals surface area (Å²) in [6.07, 6.45) is 5.52. The summed E-state index contributed by atoms with van der Waals surface area (Å²) in [5.74, 6) is 0. The van der Waals surface area contributed by atoms with Crippen molar-refractivity contribution < 1.29 is 5.11 Å². The van der Waals surface area contributed by atoms with Crippen LogP contribution in [0.25, 0.3) is 0 Å². The number of rotatable bonds is 6. The van der Waals surface area contributed by atoms with E-state index in [1.54, 1.807) is 23.1 Å². The van der Waals surface area contributed by atoms with E-state index >= 15 is 0 Å². The second kappa shape index (κ2) is 6.68. The largest absolute Gasteiger partial charge is 0.386 e. The van der Waals surface area contributed by atoms with E-state index in [9.17, 15) is 5.11 Å². The van der Waals surface area contributed by atoms with Gasteiger partial charge in [0.25, 0.3) is 0 Å². The zero-order chi connectivity index (χ0) is 13.7. The van der Waals surface area contributed by atoms with Crippen molar-refractivity contribution in [3.05, 3.63) is 47.5 Å². The summed E-state index contributed by atoms with van der Waals surface area (Å²) in [6, 6.07) is 7.19. The van der Waals surface area contributed by atoms with Crippen molar-refractivity contribution in [3.63, 3.8) is 0 Å². The lowest BCUT2D eigenvalue weighted by Gasteiger charge is -2.23. The van der Waals surface area contributed by atoms with E-state index < -0.39 is 6.10 Å². The Labute approximate surface area is 118 Å². The molecule has 0 aliphatic rings. The number of unbranched alkanes of at least 4 members (excludes halogenated alkanes) is 1. The second-order valence-electron chi connectivity index (χ2n) is 4.58. The molecule has 2 aromatic rings. The number of benzene rings is 1. The summed E-state index contributed by atoms with van der Waals surface area (Å²) in [5, 5.41) is 15.4. The third-order valence-electron chi connectivity index (χ3n) is 3.21. The molecule has 1 aromatic heterocycles. The first-order valence-corrected chi connectivity index (χ1v) is 6.87. The van der Waals surface area contributed by atoms with E-state index in [4.69, 9.17) is 11.6 Å². The molecule has 102 valence electrons. The molecule has 0 radical (unpaired) electrons. The van der Waals surface area contributed by atoms with Crippen LogP contribution in [0.3, 0.4) is 0 Å². The van der Waals surface area contributed by atoms with Crippen molar-refractivity contribution in [1.29, 1.82) is 0 Å². The summed E-state index contributed by atoms with van der Waals surface area (Å²) in [4.78, 5) is 3.96. The van der Waals surface area contributed by atoms with Gasteiger partial charge >= 0.3 is 0 Å². The molecule has 0 saturated heterocycles. The van der Waals surface area contributed by atoms with Crippen molar-refractivity contribution in [2.45, 2.75) is 38.3 Å². The standard InChI is InChI=1S/C14H18ClN3O/c1-2-3-4-13(18-10-16-9-17-18)14(19)11-5-7-12(15)8-6-11/h5-10,13-14,19H,2-4H2,1H3. The smallest absolute Gasteiger partial charge is 0.137 e. The van der Waals surface area contributed by atoms with Crippen LogP contribution < -0.4 is 0 Å². The minimum atomic E-state index is -0.606. The first-order valence-electron chi connectivity index (χ1n) is 6.50. The number of aliphatic hydroxyl groups excluding tert-OH is 1. The van der Waals surface area contributed by atoms with Gasteiger partial charge in [0, 0.05) is 5.02 Å². The fourth-order valence-electron chi connectivity index (χ4n) is 2.12. The van der Waals surface area contributed by atoms with Gasteiger partial charge in [0.2, 0.25) is 0 Å². The molecule has 4 nitrogen and oxygen atoms in total. The maximum Gasteiger partial charge on any atom is 0.137 e. The molecule has 0 saturated carbocycles. The maximum atomic E-state index is 10.5. The molecule has 2 unspecified atom stereocenters. The first kappa shape index (κ1) is 14.0. The van der Waals surface area contributed by atoms with Crippen molar-refractivity contribution >= 4 is 11.6 Å². The Bertz CT molecular complexity index is 484. The highest BCUT2D eigenvalue weighted by Gasteiger charge is 2.22. The molecule has 0 bridgehead atoms. The predicted molar refractivity (Wildman–Crippen MR) is 75.0 cm³/mol. The lowest BCUT2D eigenvalue weighted by Crippen LogP contribution is -2.18. The van der Waals surface area contributed by atoms with Crippen LogP contribution in [0.15, 0.2) is 36.9 Å². The molecular formula is C14H18ClN3O. The fourth-order valence-corrected chi connectivity index (χ4v) is 2.24. The highest BCUT2D eigenvalue weighted by atomic mass is 35.5. The molecule has 0 aliphatic heterocycles. The fraction of sp³-hybridized carbons (Fsp3) is 0.429. The summed E-state index contributed by atoms with van der Waals surface area (Å²) < 4.78 is 1.73. The van der Waals surface area contributed by atoms with Crippen LogP contribution in [0, 0.1) is 0 Å². The van der Waals surface area contributed by atoms with E-state index in [0.717, 1.165) is 24.8 Å². The van der Waals surface area contributed by atoms with Crippen LogP contribution in [0.4, 0.5) is 0 Å². The van der Waals surface area contributed by atoms with Crippen LogP contribution in [0.1, 0.15) is 43.9 Å². The van der Waals surface area contributed by atoms with Crippen molar-refractivity contribution in [2.24, 2.45) is 0 Å². The first-order chi connectivity index (χ1) is 9.22. The van der Waals surface area contributed by atoms with Crippen LogP contribution in [0.5, 0.6) is 0 Å². The Morgan fingerprint density at radius 2 is 2.05 bits per heavy atom. The molecule has 1 aromatic carbocycles. The summed E-state index contributed by atoms with van der Waals surface area (Å²) in [5.41, 5.74) is 0.848. The van der Waals surface area contributed by atoms with Crippen molar-refractivity contribution in [3.8, 4) is 0 Å². The Morgan fingerprint density at radius 3 is 2.63 bits per heavy atom. The van der Waals surface area contributed by atoms with Crippen LogP contribution in [-0.2, 0) is 0 Å². The van der Waals surface area contributed by atoms with E-state index in [2.05, 4.69) is 17.0 Å². The number of nitrogens with zero attached hydrogens (tertiary/aromatic N) is 3. The normalized spacial score (nSPS) is 14.3. The van der Waals surface area contributed by atoms with Gasteiger partial charge in [-0.25, -0.2) is 9.67 Å². The highest BCUT2D eigenvalue weighted by Crippen LogP contribution is 2.30. The predicted octanol–water partition coefficient (Wildman–Crippen LogP) is 3.40. The van der Waals surface area contributed by atoms with Gasteiger partial charge in [-0.05, 0) is 24.1 Å². The van der Waals surface area contributed by atoms with Crippen LogP contribution >= 0.6 is 11.6 Å². The molecule has 0 spiro atoms. The molecule has 0 amide bonds. The second-order valence-corrected chi connectivity index (χ2v) is 5.02. The van der Waals surface area contributed by atoms with Gasteiger partial charge in [-0.1, -0.05) is 43.5 Å². The van der Waals surface area contributed by atoms with Gasteiger partial charge in [0.1, 0.15) is 18.8 Å². The Hall–Kier alpha value is -1.39. The zero-order valence-corrected chi connectivity index (χ0v) is 11.7. The molecule has 5 heteroatoms. The monoisotopic (exact) mass is 279 g/mol. The van der Waals surface area contributed by atoms with Gasteiger partial charge < -0.3 is 5.11 Å². The Balaban J connectivity index is 2.19. The average Bonchev–Trinajstić information content (AvgIpc) is 2.94. The Kier molecular flexibility index (Phi) is 4.93. The Morgan fingerprint density at radius 1 is 1.32 bits per heavy atom. The van der Waals surface area contributed by atoms with E-state index in [0.29, 0.717) is 5.02 Å². The molecule has 0 fully saturated rings. The van der Waals surface area contributed by atoms with Crippen molar-refractivity contribution in [2.75, 3.05) is 0 Å². The van der Waals surface area contributed by atoms with Gasteiger partial charge in [0.15, 0.2) is 0 Å². The van der Waals surface area contributed by atoms with Gasteiger partial charge in [0.05, 0.1) is 6.04 Å². The summed E-state index contributed by atoms with van der Waals surface area (Å²) in [6.45, 7) is 2.13. The molecule has 1 heterocycles. The number of aromatic nitrogens is 3. The average molecular weight is 280 g/mol. The maximum absolute atomic E-state index is 10.5. The van der Waals surface area contributed by atoms with Gasteiger partial charge in [-0.15, -0.1) is 0 Å². The highest BCUT2D eigenvalue weighted by molar-refractivity contribution is 6.30. The SMILES string of the molecule is CCCCC(C(O)c1ccc(Cl)cc1)n1cncn1. The third kappa shape index (κ3) is 3.55. The van der Waals surface area contributed by atoms with Gasteiger partial charge in [-0.3, -0.25) is 0 Å². The molecule has 19 heavy (non-hydrogen) atoms. The number of hydrogen-bond acceptors (Lipinski definition) is 3. The van der Waals surface area contributed by atoms with E-state index in [-0.39, 0.29) is 6.04 Å². The third-order valence-corrected chi connectivity index (χ3v) is 3.46. The summed E-state index contributed by atoms with van der Waals surface area (Å²) in [7, 11) is 0. The van der Waals surface area contributed by atoms with E-state index in [1.807, 2.05) is 12.1 Å². The molecule has 1 N–H and O–H groups in total. The van der Waals surface area contributed by atoms with Crippen LogP contribution in [0.2, 0.25) is 5.02 Å². The molecule has 2 atom stereocenters. The summed E-state index contributed by atoms with van der Waals surface area (Å²) >= 11 is 5.87. The minimum absolute atomic E-state index is 0.0939. The molecular weight excluding hydrogens is 262 g/mol. The number of aliphatic hydroxyl groups is 1.